The highest BCUT2D eigenvalue weighted by Crippen LogP contribution is 2.21. The van der Waals surface area contributed by atoms with Crippen molar-refractivity contribution in [1.82, 2.24) is 5.32 Å². The molecule has 0 amide bonds. The fourth-order valence-electron chi connectivity index (χ4n) is 1.73. The summed E-state index contributed by atoms with van der Waals surface area (Å²) >= 11 is 0. The van der Waals surface area contributed by atoms with E-state index in [4.69, 9.17) is 4.74 Å². The van der Waals surface area contributed by atoms with Gasteiger partial charge in [-0.25, -0.2) is 0 Å². The van der Waals surface area contributed by atoms with Crippen LogP contribution in [-0.2, 0) is 0 Å². The lowest BCUT2D eigenvalue weighted by Gasteiger charge is -2.08. The molecule has 0 atom stereocenters. The van der Waals surface area contributed by atoms with Gasteiger partial charge in [0.25, 0.3) is 0 Å². The molecule has 0 spiro atoms. The number of rotatable bonds is 6. The molecule has 0 aliphatic heterocycles. The predicted molar refractivity (Wildman–Crippen MR) is 80.4 cm³/mol. The molecular weight excluding hydrogens is 250 g/mol. The van der Waals surface area contributed by atoms with Crippen LogP contribution in [0.15, 0.2) is 54.6 Å². The molecule has 2 aromatic rings. The van der Waals surface area contributed by atoms with E-state index >= 15 is 0 Å². The van der Waals surface area contributed by atoms with E-state index in [0.717, 1.165) is 11.5 Å². The molecule has 0 aliphatic rings. The lowest BCUT2D eigenvalue weighted by molar-refractivity contribution is 0.0988. The third kappa shape index (κ3) is 4.21. The summed E-state index contributed by atoms with van der Waals surface area (Å²) in [4.78, 5) is 11.9. The predicted octanol–water partition coefficient (Wildman–Crippen LogP) is 3.66. The van der Waals surface area contributed by atoms with Crippen LogP contribution in [0.4, 0.5) is 0 Å². The van der Waals surface area contributed by atoms with Crippen LogP contribution >= 0.6 is 0 Å². The number of ketones is 1. The number of benzene rings is 2. The van der Waals surface area contributed by atoms with Crippen LogP contribution in [0.3, 0.4) is 0 Å². The van der Waals surface area contributed by atoms with Crippen molar-refractivity contribution < 1.29 is 9.53 Å². The van der Waals surface area contributed by atoms with Crippen LogP contribution in [0.5, 0.6) is 11.5 Å². The Bertz CT molecular complexity index is 547. The van der Waals surface area contributed by atoms with Crippen molar-refractivity contribution >= 4 is 5.78 Å². The minimum Gasteiger partial charge on any atom is -0.457 e. The van der Waals surface area contributed by atoms with Gasteiger partial charge in [0.05, 0.1) is 6.54 Å². The summed E-state index contributed by atoms with van der Waals surface area (Å²) in [6.07, 6.45) is 0. The SMILES string of the molecule is CC(C)NCC(=O)c1ccc(Oc2ccccc2)cc1. The van der Waals surface area contributed by atoms with Gasteiger partial charge in [-0.3, -0.25) is 4.79 Å². The summed E-state index contributed by atoms with van der Waals surface area (Å²) in [5.41, 5.74) is 0.693. The largest absolute Gasteiger partial charge is 0.457 e. The molecule has 2 rings (SSSR count). The molecule has 1 N–H and O–H groups in total. The van der Waals surface area contributed by atoms with Crippen molar-refractivity contribution in [2.45, 2.75) is 19.9 Å². The second-order valence-electron chi connectivity index (χ2n) is 4.90. The maximum Gasteiger partial charge on any atom is 0.176 e. The van der Waals surface area contributed by atoms with Crippen molar-refractivity contribution in [3.63, 3.8) is 0 Å². The standard InChI is InChI=1S/C17H19NO2/c1-13(2)18-12-17(19)14-8-10-16(11-9-14)20-15-6-4-3-5-7-15/h3-11,13,18H,12H2,1-2H3. The number of nitrogens with one attached hydrogen (secondary N) is 1. The Balaban J connectivity index is 1.97. The lowest BCUT2D eigenvalue weighted by atomic mass is 10.1. The molecule has 0 bridgehead atoms. The van der Waals surface area contributed by atoms with Gasteiger partial charge in [0.15, 0.2) is 5.78 Å². The second-order valence-corrected chi connectivity index (χ2v) is 4.90. The Morgan fingerprint density at radius 3 is 2.20 bits per heavy atom. The molecule has 0 unspecified atom stereocenters. The number of carbonyl (C=O) groups excluding carboxylic acids is 1. The summed E-state index contributed by atoms with van der Waals surface area (Å²) in [7, 11) is 0. The zero-order valence-electron chi connectivity index (χ0n) is 11.8. The minimum atomic E-state index is 0.0879. The quantitative estimate of drug-likeness (QED) is 0.813. The zero-order chi connectivity index (χ0) is 14.4. The Kier molecular flexibility index (Phi) is 4.91. The van der Waals surface area contributed by atoms with Crippen LogP contribution in [-0.4, -0.2) is 18.4 Å². The first-order valence-corrected chi connectivity index (χ1v) is 6.74. The van der Waals surface area contributed by atoms with Gasteiger partial charge in [0, 0.05) is 11.6 Å². The van der Waals surface area contributed by atoms with Gasteiger partial charge in [0.2, 0.25) is 0 Å². The Labute approximate surface area is 119 Å². The summed E-state index contributed by atoms with van der Waals surface area (Å²) < 4.78 is 5.68. The van der Waals surface area contributed by atoms with Crippen molar-refractivity contribution in [1.29, 1.82) is 0 Å². The summed E-state index contributed by atoms with van der Waals surface area (Å²) in [5, 5.41) is 3.12. The summed E-state index contributed by atoms with van der Waals surface area (Å²) in [5.74, 6) is 1.60. The van der Waals surface area contributed by atoms with E-state index in [-0.39, 0.29) is 5.78 Å². The molecule has 0 radical (unpaired) electrons. The van der Waals surface area contributed by atoms with Gasteiger partial charge in [-0.05, 0) is 36.4 Å². The topological polar surface area (TPSA) is 38.3 Å². The van der Waals surface area contributed by atoms with Crippen LogP contribution in [0.1, 0.15) is 24.2 Å². The molecule has 0 saturated heterocycles. The first-order valence-electron chi connectivity index (χ1n) is 6.74. The van der Waals surface area contributed by atoms with Crippen LogP contribution in [0, 0.1) is 0 Å². The van der Waals surface area contributed by atoms with Gasteiger partial charge in [-0.15, -0.1) is 0 Å². The summed E-state index contributed by atoms with van der Waals surface area (Å²) in [6, 6.07) is 17.1. The fraction of sp³-hybridized carbons (Fsp3) is 0.235. The second kappa shape index (κ2) is 6.87. The first-order chi connectivity index (χ1) is 9.65. The third-order valence-corrected chi connectivity index (χ3v) is 2.83. The van der Waals surface area contributed by atoms with Crippen LogP contribution < -0.4 is 10.1 Å². The van der Waals surface area contributed by atoms with E-state index in [0.29, 0.717) is 18.2 Å². The molecule has 0 fully saturated rings. The van der Waals surface area contributed by atoms with Crippen LogP contribution in [0.25, 0.3) is 0 Å². The van der Waals surface area contributed by atoms with Gasteiger partial charge in [0.1, 0.15) is 11.5 Å². The van der Waals surface area contributed by atoms with Gasteiger partial charge < -0.3 is 10.1 Å². The van der Waals surface area contributed by atoms with Gasteiger partial charge >= 0.3 is 0 Å². The van der Waals surface area contributed by atoms with Gasteiger partial charge in [-0.1, -0.05) is 32.0 Å². The molecule has 0 aromatic heterocycles. The number of ether oxygens (including phenoxy) is 1. The number of carbonyl (C=O) groups is 1. The molecule has 104 valence electrons. The smallest absolute Gasteiger partial charge is 0.176 e. The average molecular weight is 269 g/mol. The van der Waals surface area contributed by atoms with Gasteiger partial charge in [-0.2, -0.15) is 0 Å². The Morgan fingerprint density at radius 1 is 1.00 bits per heavy atom. The molecule has 0 aliphatic carbocycles. The fourth-order valence-corrected chi connectivity index (χ4v) is 1.73. The van der Waals surface area contributed by atoms with E-state index < -0.39 is 0 Å². The molecular formula is C17H19NO2. The number of para-hydroxylation sites is 1. The maximum absolute atomic E-state index is 11.9. The molecule has 0 saturated carbocycles. The number of Topliss-reactive ketones (excluding diaryl/α,β-unsaturated/α-hetero) is 1. The molecule has 3 nitrogen and oxygen atoms in total. The highest BCUT2D eigenvalue weighted by Gasteiger charge is 2.06. The highest BCUT2D eigenvalue weighted by atomic mass is 16.5. The highest BCUT2D eigenvalue weighted by molar-refractivity contribution is 5.97. The normalized spacial score (nSPS) is 10.6. The molecule has 3 heteroatoms. The van der Waals surface area contributed by atoms with Crippen molar-refractivity contribution in [2.24, 2.45) is 0 Å². The van der Waals surface area contributed by atoms with Crippen molar-refractivity contribution in [3.8, 4) is 11.5 Å². The lowest BCUT2D eigenvalue weighted by Crippen LogP contribution is -2.29. The third-order valence-electron chi connectivity index (χ3n) is 2.83. The van der Waals surface area contributed by atoms with Crippen molar-refractivity contribution in [2.75, 3.05) is 6.54 Å². The Hall–Kier alpha value is -2.13. The molecule has 2 aromatic carbocycles. The Morgan fingerprint density at radius 2 is 1.60 bits per heavy atom. The average Bonchev–Trinajstić information content (AvgIpc) is 2.46. The van der Waals surface area contributed by atoms with Crippen molar-refractivity contribution in [3.05, 3.63) is 60.2 Å². The zero-order valence-corrected chi connectivity index (χ0v) is 11.8. The monoisotopic (exact) mass is 269 g/mol. The van der Waals surface area contributed by atoms with E-state index in [2.05, 4.69) is 5.32 Å². The van der Waals surface area contributed by atoms with Crippen LogP contribution in [0.2, 0.25) is 0 Å². The van der Waals surface area contributed by atoms with E-state index in [9.17, 15) is 4.79 Å². The van der Waals surface area contributed by atoms with E-state index in [1.54, 1.807) is 12.1 Å². The van der Waals surface area contributed by atoms with E-state index in [1.807, 2.05) is 56.3 Å². The van der Waals surface area contributed by atoms with E-state index in [1.165, 1.54) is 0 Å². The molecule has 20 heavy (non-hydrogen) atoms. The minimum absolute atomic E-state index is 0.0879. The molecule has 0 heterocycles. The number of hydrogen-bond acceptors (Lipinski definition) is 3. The first kappa shape index (κ1) is 14.3. The summed E-state index contributed by atoms with van der Waals surface area (Å²) in [6.45, 7) is 4.39. The maximum atomic E-state index is 11.9. The number of hydrogen-bond donors (Lipinski definition) is 1.